The number of H-pyrrole nitrogens is 1. The Balaban J connectivity index is 1.59. The maximum absolute atomic E-state index is 12.9. The fourth-order valence-electron chi connectivity index (χ4n) is 4.97. The summed E-state index contributed by atoms with van der Waals surface area (Å²) in [5.41, 5.74) is 10.0. The molecular weight excluding hydrogens is 468 g/mol. The summed E-state index contributed by atoms with van der Waals surface area (Å²) in [7, 11) is 0. The molecule has 8 heteroatoms. The van der Waals surface area contributed by atoms with Crippen molar-refractivity contribution in [3.05, 3.63) is 77.2 Å². The van der Waals surface area contributed by atoms with Gasteiger partial charge in [-0.3, -0.25) is 9.69 Å². The number of benzene rings is 2. The van der Waals surface area contributed by atoms with E-state index in [1.807, 2.05) is 39.0 Å². The number of carbonyl (C=O) groups excluding carboxylic acids is 2. The van der Waals surface area contributed by atoms with Gasteiger partial charge in [0, 0.05) is 42.8 Å². The van der Waals surface area contributed by atoms with Crippen LogP contribution in [-0.4, -0.2) is 63.7 Å². The number of carbonyl (C=O) groups is 2. The van der Waals surface area contributed by atoms with Crippen LogP contribution in [0.2, 0.25) is 0 Å². The summed E-state index contributed by atoms with van der Waals surface area (Å²) in [5.74, 6) is -0.695. The van der Waals surface area contributed by atoms with Crippen molar-refractivity contribution in [3.8, 4) is 0 Å². The molecule has 1 fully saturated rings. The van der Waals surface area contributed by atoms with Gasteiger partial charge in [-0.2, -0.15) is 0 Å². The van der Waals surface area contributed by atoms with E-state index in [2.05, 4.69) is 35.0 Å². The lowest BCUT2D eigenvalue weighted by Crippen LogP contribution is -2.52. The topological polar surface area (TPSA) is 112 Å². The van der Waals surface area contributed by atoms with Gasteiger partial charge in [-0.1, -0.05) is 42.5 Å². The number of nitrogens with zero attached hydrogens (tertiary/aromatic N) is 2. The largest absolute Gasteiger partial charge is 0.515 e. The number of piperazine rings is 1. The molecule has 1 aromatic heterocycles. The molecule has 37 heavy (non-hydrogen) atoms. The molecule has 4 rings (SSSR count). The van der Waals surface area contributed by atoms with Crippen LogP contribution in [0.3, 0.4) is 0 Å². The summed E-state index contributed by atoms with van der Waals surface area (Å²) >= 11 is 0. The molecule has 4 N–H and O–H groups in total. The third-order valence-electron chi connectivity index (χ3n) is 6.82. The summed E-state index contributed by atoms with van der Waals surface area (Å²) in [6.45, 7) is 10.3. The van der Waals surface area contributed by atoms with Gasteiger partial charge in [0.2, 0.25) is 0 Å². The lowest BCUT2D eigenvalue weighted by Gasteiger charge is -2.42. The predicted molar refractivity (Wildman–Crippen MR) is 145 cm³/mol. The number of aromatic nitrogens is 1. The first kappa shape index (κ1) is 26.3. The number of aromatic amines is 1. The third-order valence-corrected chi connectivity index (χ3v) is 6.82. The minimum Gasteiger partial charge on any atom is -0.515 e. The summed E-state index contributed by atoms with van der Waals surface area (Å²) in [6.07, 6.45) is 1.29. The van der Waals surface area contributed by atoms with E-state index >= 15 is 0 Å². The number of para-hydroxylation sites is 1. The van der Waals surface area contributed by atoms with Gasteiger partial charge in [0.1, 0.15) is 5.60 Å². The van der Waals surface area contributed by atoms with Gasteiger partial charge >= 0.3 is 6.09 Å². The molecule has 1 aliphatic heterocycles. The predicted octanol–water partition coefficient (Wildman–Crippen LogP) is 4.70. The number of hydrogen-bond acceptors (Lipinski definition) is 5. The summed E-state index contributed by atoms with van der Waals surface area (Å²) < 4.78 is 5.65. The number of aryl methyl sites for hydroxylation is 1. The highest BCUT2D eigenvalue weighted by Crippen LogP contribution is 2.29. The van der Waals surface area contributed by atoms with Gasteiger partial charge in [0.15, 0.2) is 0 Å². The first-order valence-electron chi connectivity index (χ1n) is 12.6. The first-order chi connectivity index (χ1) is 17.6. The number of amides is 2. The van der Waals surface area contributed by atoms with E-state index in [0.717, 1.165) is 30.3 Å². The Bertz CT molecular complexity index is 1300. The van der Waals surface area contributed by atoms with Gasteiger partial charge in [-0.05, 0) is 56.9 Å². The number of rotatable bonds is 6. The molecular formula is C29H36N4O4. The van der Waals surface area contributed by atoms with Gasteiger partial charge < -0.3 is 25.5 Å². The summed E-state index contributed by atoms with van der Waals surface area (Å²) in [4.78, 5) is 32.2. The first-order valence-corrected chi connectivity index (χ1v) is 12.6. The van der Waals surface area contributed by atoms with Crippen LogP contribution in [0.4, 0.5) is 4.79 Å². The zero-order valence-electron chi connectivity index (χ0n) is 22.0. The molecule has 0 bridgehead atoms. The average molecular weight is 505 g/mol. The van der Waals surface area contributed by atoms with Crippen LogP contribution in [0.15, 0.2) is 54.8 Å². The smallest absolute Gasteiger partial charge is 0.410 e. The number of aliphatic hydroxyl groups is 1. The van der Waals surface area contributed by atoms with Crippen molar-refractivity contribution < 1.29 is 19.4 Å². The van der Waals surface area contributed by atoms with Crippen LogP contribution < -0.4 is 5.73 Å². The molecule has 0 aliphatic carbocycles. The zero-order chi connectivity index (χ0) is 26.7. The maximum atomic E-state index is 12.9. The van der Waals surface area contributed by atoms with E-state index in [0.29, 0.717) is 25.2 Å². The van der Waals surface area contributed by atoms with Crippen LogP contribution in [0.1, 0.15) is 49.2 Å². The highest BCUT2D eigenvalue weighted by molar-refractivity contribution is 6.18. The Labute approximate surface area is 217 Å². The van der Waals surface area contributed by atoms with Crippen LogP contribution >= 0.6 is 0 Å². The van der Waals surface area contributed by atoms with Crippen LogP contribution in [0.5, 0.6) is 0 Å². The Kier molecular flexibility index (Phi) is 7.59. The van der Waals surface area contributed by atoms with E-state index in [1.165, 1.54) is 16.6 Å². The number of ether oxygens (including phenoxy) is 1. The molecule has 2 amide bonds. The number of nitrogens with one attached hydrogen (secondary N) is 1. The standard InChI is InChI=1S/C29H36N4O4/c1-19-22(23-7-5-6-8-25(23)31-19)13-14-32-15-16-33(28(36)37-29(2,3)4)17-26(32)21-11-9-20(10-12-21)24(18-34)27(30)35/h5-12,18,26,31,34H,13-17H2,1-4H3,(H2,30,35). The minimum atomic E-state index is -0.695. The number of aliphatic hydroxyl groups excluding tert-OH is 1. The maximum Gasteiger partial charge on any atom is 0.410 e. The zero-order valence-corrected chi connectivity index (χ0v) is 22.0. The Morgan fingerprint density at radius 1 is 1.14 bits per heavy atom. The number of nitrogens with two attached hydrogens (primary N) is 1. The highest BCUT2D eigenvalue weighted by atomic mass is 16.6. The summed E-state index contributed by atoms with van der Waals surface area (Å²) in [6, 6.07) is 15.7. The fourth-order valence-corrected chi connectivity index (χ4v) is 4.97. The summed E-state index contributed by atoms with van der Waals surface area (Å²) in [5, 5.41) is 10.7. The Morgan fingerprint density at radius 3 is 2.49 bits per heavy atom. The molecule has 1 atom stereocenters. The third kappa shape index (κ3) is 5.97. The van der Waals surface area contributed by atoms with E-state index in [4.69, 9.17) is 10.5 Å². The molecule has 0 radical (unpaired) electrons. The van der Waals surface area contributed by atoms with Crippen molar-refractivity contribution in [2.24, 2.45) is 5.73 Å². The van der Waals surface area contributed by atoms with Crippen molar-refractivity contribution in [1.29, 1.82) is 0 Å². The Hall–Kier alpha value is -3.78. The average Bonchev–Trinajstić information content (AvgIpc) is 3.17. The monoisotopic (exact) mass is 504 g/mol. The molecule has 2 aromatic carbocycles. The molecule has 8 nitrogen and oxygen atoms in total. The van der Waals surface area contributed by atoms with Crippen molar-refractivity contribution in [3.63, 3.8) is 0 Å². The van der Waals surface area contributed by atoms with Crippen LogP contribution in [-0.2, 0) is 16.0 Å². The van der Waals surface area contributed by atoms with Crippen molar-refractivity contribution in [1.82, 2.24) is 14.8 Å². The second kappa shape index (κ2) is 10.7. The molecule has 1 unspecified atom stereocenters. The highest BCUT2D eigenvalue weighted by Gasteiger charge is 2.33. The van der Waals surface area contributed by atoms with Gasteiger partial charge in [0.05, 0.1) is 17.9 Å². The quantitative estimate of drug-likeness (QED) is 0.333. The van der Waals surface area contributed by atoms with Crippen molar-refractivity contribution in [2.75, 3.05) is 26.2 Å². The molecule has 2 heterocycles. The van der Waals surface area contributed by atoms with E-state index in [1.54, 1.807) is 17.0 Å². The molecule has 196 valence electrons. The molecule has 1 aliphatic rings. The SMILES string of the molecule is Cc1[nH]c2ccccc2c1CCN1CCN(C(=O)OC(C)(C)C)CC1c1ccc(C(=CO)C(N)=O)cc1. The number of primary amides is 1. The van der Waals surface area contributed by atoms with Crippen molar-refractivity contribution >= 4 is 28.5 Å². The lowest BCUT2D eigenvalue weighted by atomic mass is 9.97. The molecule has 1 saturated heterocycles. The molecule has 0 saturated carbocycles. The van der Waals surface area contributed by atoms with Gasteiger partial charge in [0.25, 0.3) is 5.91 Å². The molecule has 0 spiro atoms. The van der Waals surface area contributed by atoms with Crippen LogP contribution in [0.25, 0.3) is 16.5 Å². The molecule has 3 aromatic rings. The lowest BCUT2D eigenvalue weighted by molar-refractivity contribution is -0.112. The van der Waals surface area contributed by atoms with Crippen LogP contribution in [0, 0.1) is 6.92 Å². The van der Waals surface area contributed by atoms with E-state index < -0.39 is 11.5 Å². The second-order valence-corrected chi connectivity index (χ2v) is 10.5. The van der Waals surface area contributed by atoms with E-state index in [-0.39, 0.29) is 17.7 Å². The van der Waals surface area contributed by atoms with Gasteiger partial charge in [-0.15, -0.1) is 0 Å². The van der Waals surface area contributed by atoms with E-state index in [9.17, 15) is 14.7 Å². The fraction of sp³-hybridized carbons (Fsp3) is 0.379. The van der Waals surface area contributed by atoms with Crippen molar-refractivity contribution in [2.45, 2.75) is 45.8 Å². The number of fused-ring (bicyclic) bond motifs is 1. The second-order valence-electron chi connectivity index (χ2n) is 10.5. The number of hydrogen-bond donors (Lipinski definition) is 3. The van der Waals surface area contributed by atoms with Gasteiger partial charge in [-0.25, -0.2) is 4.79 Å². The minimum absolute atomic E-state index is 0.0530. The normalized spacial score (nSPS) is 17.2. The Morgan fingerprint density at radius 2 is 1.84 bits per heavy atom.